The molecule has 1 heterocycles. The van der Waals surface area contributed by atoms with Gasteiger partial charge in [0.05, 0.1) is 0 Å². The number of hydrogen-bond acceptors (Lipinski definition) is 4. The molecular weight excluding hydrogens is 284 g/mol. The zero-order valence-corrected chi connectivity index (χ0v) is 14.5. The first kappa shape index (κ1) is 18.0. The van der Waals surface area contributed by atoms with Gasteiger partial charge in [0, 0.05) is 25.9 Å². The van der Waals surface area contributed by atoms with E-state index in [0.717, 1.165) is 43.2 Å². The van der Waals surface area contributed by atoms with Crippen molar-refractivity contribution in [3.63, 3.8) is 0 Å². The summed E-state index contributed by atoms with van der Waals surface area (Å²) < 4.78 is 2.20. The number of aryl methyl sites for hydroxylation is 1. The lowest BCUT2D eigenvalue weighted by Gasteiger charge is -2.11. The van der Waals surface area contributed by atoms with Crippen molar-refractivity contribution in [2.75, 3.05) is 12.8 Å². The van der Waals surface area contributed by atoms with Crippen molar-refractivity contribution in [3.8, 4) is 0 Å². The summed E-state index contributed by atoms with van der Waals surface area (Å²) in [6.07, 6.45) is 6.45. The minimum atomic E-state index is 0.158. The van der Waals surface area contributed by atoms with Crippen LogP contribution in [0.4, 0.5) is 0 Å². The predicted octanol–water partition coefficient (Wildman–Crippen LogP) is 2.90. The third-order valence-electron chi connectivity index (χ3n) is 3.18. The molecule has 1 N–H and O–H groups in total. The Kier molecular flexibility index (Phi) is 8.42. The molecule has 0 spiro atoms. The number of nitrogens with zero attached hydrogens (tertiary/aromatic N) is 3. The second-order valence-electron chi connectivity index (χ2n) is 5.66. The van der Waals surface area contributed by atoms with Crippen LogP contribution in [0.2, 0.25) is 0 Å². The number of unbranched alkanes of at least 4 members (excludes halogenated alkanes) is 1. The first-order chi connectivity index (χ1) is 10.1. The van der Waals surface area contributed by atoms with Crippen molar-refractivity contribution in [2.24, 2.45) is 5.92 Å². The minimum absolute atomic E-state index is 0.158. The number of nitrogens with one attached hydrogen (secondary N) is 1. The van der Waals surface area contributed by atoms with Crippen LogP contribution < -0.4 is 5.32 Å². The highest BCUT2D eigenvalue weighted by molar-refractivity contribution is 7.98. The van der Waals surface area contributed by atoms with E-state index in [4.69, 9.17) is 0 Å². The van der Waals surface area contributed by atoms with Gasteiger partial charge in [0.1, 0.15) is 5.82 Å². The monoisotopic (exact) mass is 312 g/mol. The average molecular weight is 312 g/mol. The van der Waals surface area contributed by atoms with E-state index in [0.29, 0.717) is 18.9 Å². The van der Waals surface area contributed by atoms with E-state index in [9.17, 15) is 4.79 Å². The second kappa shape index (κ2) is 9.82. The Labute approximate surface area is 132 Å². The molecule has 1 aromatic heterocycles. The van der Waals surface area contributed by atoms with Crippen LogP contribution in [-0.4, -0.2) is 33.5 Å². The summed E-state index contributed by atoms with van der Waals surface area (Å²) in [5, 5.41) is 12.5. The summed E-state index contributed by atoms with van der Waals surface area (Å²) in [7, 11) is 0. The average Bonchev–Trinajstić information content (AvgIpc) is 2.82. The Morgan fingerprint density at radius 1 is 1.33 bits per heavy atom. The standard InChI is InChI=1S/C15H28N4OS/c1-5-6-9-14(20)16-10-7-8-13-17-18-15(21-4)19(13)11-12(2)3/h12H,5-11H2,1-4H3,(H,16,20). The number of hydrogen-bond donors (Lipinski definition) is 1. The number of carbonyl (C=O) groups excluding carboxylic acids is 1. The van der Waals surface area contributed by atoms with Crippen molar-refractivity contribution in [3.05, 3.63) is 5.82 Å². The van der Waals surface area contributed by atoms with Crippen molar-refractivity contribution in [1.82, 2.24) is 20.1 Å². The predicted molar refractivity (Wildman–Crippen MR) is 87.5 cm³/mol. The van der Waals surface area contributed by atoms with Gasteiger partial charge in [-0.05, 0) is 25.0 Å². The zero-order valence-electron chi connectivity index (χ0n) is 13.7. The van der Waals surface area contributed by atoms with E-state index < -0.39 is 0 Å². The highest BCUT2D eigenvalue weighted by Crippen LogP contribution is 2.16. The highest BCUT2D eigenvalue weighted by atomic mass is 32.2. The van der Waals surface area contributed by atoms with Gasteiger partial charge in [0.15, 0.2) is 5.16 Å². The molecule has 1 rings (SSSR count). The van der Waals surface area contributed by atoms with E-state index in [2.05, 4.69) is 40.9 Å². The van der Waals surface area contributed by atoms with E-state index >= 15 is 0 Å². The molecule has 0 bridgehead atoms. The van der Waals surface area contributed by atoms with Gasteiger partial charge in [-0.1, -0.05) is 39.0 Å². The maximum Gasteiger partial charge on any atom is 0.219 e. The summed E-state index contributed by atoms with van der Waals surface area (Å²) >= 11 is 1.63. The third kappa shape index (κ3) is 6.50. The van der Waals surface area contributed by atoms with Crippen molar-refractivity contribution >= 4 is 17.7 Å². The molecule has 120 valence electrons. The molecule has 0 aromatic carbocycles. The lowest BCUT2D eigenvalue weighted by Crippen LogP contribution is -2.24. The SMILES string of the molecule is CCCCC(=O)NCCCc1nnc(SC)n1CC(C)C. The van der Waals surface area contributed by atoms with Gasteiger partial charge in [0.25, 0.3) is 0 Å². The fraction of sp³-hybridized carbons (Fsp3) is 0.800. The van der Waals surface area contributed by atoms with Crippen molar-refractivity contribution in [1.29, 1.82) is 0 Å². The van der Waals surface area contributed by atoms with Crippen LogP contribution in [0.5, 0.6) is 0 Å². The smallest absolute Gasteiger partial charge is 0.219 e. The normalized spacial score (nSPS) is 11.1. The number of carbonyl (C=O) groups is 1. The maximum absolute atomic E-state index is 11.5. The van der Waals surface area contributed by atoms with Gasteiger partial charge in [-0.15, -0.1) is 10.2 Å². The van der Waals surface area contributed by atoms with Crippen LogP contribution in [0.3, 0.4) is 0 Å². The van der Waals surface area contributed by atoms with Gasteiger partial charge in [-0.2, -0.15) is 0 Å². The summed E-state index contributed by atoms with van der Waals surface area (Å²) in [6.45, 7) is 8.15. The van der Waals surface area contributed by atoms with Crippen LogP contribution in [0.25, 0.3) is 0 Å². The Hall–Kier alpha value is -1.04. The molecule has 0 fully saturated rings. The molecule has 5 nitrogen and oxygen atoms in total. The Morgan fingerprint density at radius 2 is 2.10 bits per heavy atom. The summed E-state index contributed by atoms with van der Waals surface area (Å²) in [5.74, 6) is 1.75. The third-order valence-corrected chi connectivity index (χ3v) is 3.85. The molecule has 0 aliphatic rings. The van der Waals surface area contributed by atoms with Crippen molar-refractivity contribution in [2.45, 2.75) is 64.6 Å². The number of amides is 1. The lowest BCUT2D eigenvalue weighted by atomic mass is 10.2. The van der Waals surface area contributed by atoms with E-state index in [-0.39, 0.29) is 5.91 Å². The van der Waals surface area contributed by atoms with Gasteiger partial charge in [-0.25, -0.2) is 0 Å². The Balaban J connectivity index is 2.41. The van der Waals surface area contributed by atoms with Gasteiger partial charge in [-0.3, -0.25) is 4.79 Å². The van der Waals surface area contributed by atoms with Gasteiger partial charge in [0.2, 0.25) is 5.91 Å². The summed E-state index contributed by atoms with van der Waals surface area (Å²) in [6, 6.07) is 0. The number of rotatable bonds is 10. The molecule has 0 saturated heterocycles. The largest absolute Gasteiger partial charge is 0.356 e. The fourth-order valence-corrected chi connectivity index (χ4v) is 2.63. The molecule has 0 aliphatic carbocycles. The van der Waals surface area contributed by atoms with Crippen LogP contribution in [0.1, 0.15) is 52.3 Å². The molecule has 0 atom stereocenters. The van der Waals surface area contributed by atoms with E-state index in [1.165, 1.54) is 0 Å². The van der Waals surface area contributed by atoms with Crippen molar-refractivity contribution < 1.29 is 4.79 Å². The van der Waals surface area contributed by atoms with Crippen LogP contribution in [0.15, 0.2) is 5.16 Å². The van der Waals surface area contributed by atoms with Gasteiger partial charge >= 0.3 is 0 Å². The molecule has 21 heavy (non-hydrogen) atoms. The second-order valence-corrected chi connectivity index (χ2v) is 6.44. The summed E-state index contributed by atoms with van der Waals surface area (Å²) in [5.41, 5.74) is 0. The molecule has 6 heteroatoms. The molecule has 0 aliphatic heterocycles. The number of thioether (sulfide) groups is 1. The molecule has 0 saturated carbocycles. The first-order valence-corrected chi connectivity index (χ1v) is 9.03. The molecule has 0 unspecified atom stereocenters. The highest BCUT2D eigenvalue weighted by Gasteiger charge is 2.12. The number of aromatic nitrogens is 3. The molecule has 0 radical (unpaired) electrons. The van der Waals surface area contributed by atoms with E-state index in [1.54, 1.807) is 11.8 Å². The maximum atomic E-state index is 11.5. The topological polar surface area (TPSA) is 59.8 Å². The molecule has 1 amide bonds. The first-order valence-electron chi connectivity index (χ1n) is 7.81. The molecule has 1 aromatic rings. The Bertz CT molecular complexity index is 431. The quantitative estimate of drug-likeness (QED) is 0.533. The van der Waals surface area contributed by atoms with Crippen LogP contribution >= 0.6 is 11.8 Å². The fourth-order valence-electron chi connectivity index (χ4n) is 2.10. The lowest BCUT2D eigenvalue weighted by molar-refractivity contribution is -0.121. The zero-order chi connectivity index (χ0) is 15.7. The Morgan fingerprint density at radius 3 is 2.71 bits per heavy atom. The van der Waals surface area contributed by atoms with E-state index in [1.807, 2.05) is 6.26 Å². The minimum Gasteiger partial charge on any atom is -0.356 e. The van der Waals surface area contributed by atoms with Crippen LogP contribution in [-0.2, 0) is 17.8 Å². The van der Waals surface area contributed by atoms with Crippen LogP contribution in [0, 0.1) is 5.92 Å². The van der Waals surface area contributed by atoms with Gasteiger partial charge < -0.3 is 9.88 Å². The molecular formula is C15H28N4OS. The summed E-state index contributed by atoms with van der Waals surface area (Å²) in [4.78, 5) is 11.5.